The molecular weight excluding hydrogens is 633 g/mol. The van der Waals surface area contributed by atoms with Gasteiger partial charge in [-0.3, -0.25) is 4.90 Å². The Bertz CT molecular complexity index is 1360. The van der Waals surface area contributed by atoms with Gasteiger partial charge >= 0.3 is 5.97 Å². The summed E-state index contributed by atoms with van der Waals surface area (Å²) in [6.45, 7) is 5.38. The Morgan fingerprint density at radius 2 is 1.22 bits per heavy atom. The van der Waals surface area contributed by atoms with Gasteiger partial charge in [0, 0.05) is 49.3 Å². The number of thioether (sulfide) groups is 1. The second-order valence-electron chi connectivity index (χ2n) is 11.0. The van der Waals surface area contributed by atoms with E-state index in [9.17, 15) is 13.6 Å². The molecule has 1 saturated heterocycles. The van der Waals surface area contributed by atoms with E-state index in [0.29, 0.717) is 17.9 Å². The molecule has 4 aromatic carbocycles. The van der Waals surface area contributed by atoms with Gasteiger partial charge in [-0.2, -0.15) is 0 Å². The first-order valence-electron chi connectivity index (χ1n) is 14.9. The molecule has 45 heavy (non-hydrogen) atoms. The molecular formula is C36H40Cl2F2N2O2S. The summed E-state index contributed by atoms with van der Waals surface area (Å²) >= 11 is 1.71. The molecule has 4 aromatic rings. The highest BCUT2D eigenvalue weighted by Crippen LogP contribution is 2.30. The standard InChI is InChI=1S/C36H38F2N2O2S.2ClH/c37-31-17-13-28(14-18-31)35(29-15-19-32(38)20-16-29)12-7-21-39-22-24-40(25-23-39)26-33(27-43-34-10-5-2-6-11-34)42-36(41)30-8-3-1-4-9-30;;/h1-6,8-11,13-20,33,35H,7,12,21-27H2;2*1H. The summed E-state index contributed by atoms with van der Waals surface area (Å²) < 4.78 is 33.2. The van der Waals surface area contributed by atoms with Crippen LogP contribution in [0.4, 0.5) is 8.78 Å². The molecule has 0 spiro atoms. The van der Waals surface area contributed by atoms with Crippen LogP contribution < -0.4 is 0 Å². The highest BCUT2D eigenvalue weighted by molar-refractivity contribution is 7.99. The van der Waals surface area contributed by atoms with Crippen molar-refractivity contribution in [2.45, 2.75) is 29.8 Å². The van der Waals surface area contributed by atoms with E-state index in [4.69, 9.17) is 4.74 Å². The zero-order chi connectivity index (χ0) is 29.9. The summed E-state index contributed by atoms with van der Waals surface area (Å²) in [6.07, 6.45) is 1.65. The largest absolute Gasteiger partial charge is 0.457 e. The second-order valence-corrected chi connectivity index (χ2v) is 12.1. The molecule has 9 heteroatoms. The molecule has 1 atom stereocenters. The summed E-state index contributed by atoms with van der Waals surface area (Å²) in [5.74, 6) is -0.0124. The Morgan fingerprint density at radius 3 is 1.78 bits per heavy atom. The van der Waals surface area contributed by atoms with Crippen molar-refractivity contribution in [3.05, 3.63) is 138 Å². The van der Waals surface area contributed by atoms with E-state index in [1.807, 2.05) is 60.7 Å². The predicted octanol–water partition coefficient (Wildman–Crippen LogP) is 8.36. The van der Waals surface area contributed by atoms with E-state index in [1.165, 1.54) is 24.3 Å². The Morgan fingerprint density at radius 1 is 0.711 bits per heavy atom. The zero-order valence-electron chi connectivity index (χ0n) is 25.1. The first kappa shape index (κ1) is 36.5. The average molecular weight is 674 g/mol. The van der Waals surface area contributed by atoms with Gasteiger partial charge in [0.05, 0.1) is 5.56 Å². The van der Waals surface area contributed by atoms with Gasteiger partial charge in [0.2, 0.25) is 0 Å². The fourth-order valence-electron chi connectivity index (χ4n) is 5.54. The van der Waals surface area contributed by atoms with Gasteiger partial charge in [-0.15, -0.1) is 36.6 Å². The summed E-state index contributed by atoms with van der Waals surface area (Å²) in [6, 6.07) is 32.7. The first-order valence-corrected chi connectivity index (χ1v) is 15.9. The molecule has 240 valence electrons. The topological polar surface area (TPSA) is 32.8 Å². The lowest BCUT2D eigenvalue weighted by Gasteiger charge is -2.36. The van der Waals surface area contributed by atoms with Crippen molar-refractivity contribution in [2.24, 2.45) is 0 Å². The number of carbonyl (C=O) groups excluding carboxylic acids is 1. The Hall–Kier alpha value is -2.94. The van der Waals surface area contributed by atoms with Gasteiger partial charge in [0.25, 0.3) is 0 Å². The maximum Gasteiger partial charge on any atom is 0.338 e. The fourth-order valence-corrected chi connectivity index (χ4v) is 6.44. The number of esters is 1. The number of hydrogen-bond acceptors (Lipinski definition) is 5. The third-order valence-electron chi connectivity index (χ3n) is 7.90. The highest BCUT2D eigenvalue weighted by atomic mass is 35.5. The fraction of sp³-hybridized carbons (Fsp3) is 0.306. The monoisotopic (exact) mass is 672 g/mol. The molecule has 0 amide bonds. The number of ether oxygens (including phenoxy) is 1. The number of hydrogen-bond donors (Lipinski definition) is 0. The summed E-state index contributed by atoms with van der Waals surface area (Å²) in [4.78, 5) is 18.9. The third kappa shape index (κ3) is 11.4. The molecule has 1 unspecified atom stereocenters. The van der Waals surface area contributed by atoms with Crippen molar-refractivity contribution >= 4 is 42.5 Å². The Balaban J connectivity index is 0.00000276. The van der Waals surface area contributed by atoms with Crippen LogP contribution in [0.3, 0.4) is 0 Å². The van der Waals surface area contributed by atoms with Crippen molar-refractivity contribution in [3.8, 4) is 0 Å². The minimum atomic E-state index is -0.283. The van der Waals surface area contributed by atoms with Gasteiger partial charge in [0.1, 0.15) is 17.7 Å². The number of benzene rings is 4. The smallest absolute Gasteiger partial charge is 0.338 e. The lowest BCUT2D eigenvalue weighted by molar-refractivity contribution is 0.0207. The molecule has 1 aliphatic rings. The average Bonchev–Trinajstić information content (AvgIpc) is 3.05. The minimum Gasteiger partial charge on any atom is -0.457 e. The molecule has 4 nitrogen and oxygen atoms in total. The van der Waals surface area contributed by atoms with Gasteiger partial charge in [-0.1, -0.05) is 60.7 Å². The van der Waals surface area contributed by atoms with E-state index >= 15 is 0 Å². The van der Waals surface area contributed by atoms with Crippen molar-refractivity contribution in [2.75, 3.05) is 45.0 Å². The summed E-state index contributed by atoms with van der Waals surface area (Å²) in [5, 5.41) is 0. The van der Waals surface area contributed by atoms with Crippen LogP contribution in [0.2, 0.25) is 0 Å². The molecule has 5 rings (SSSR count). The van der Waals surface area contributed by atoms with E-state index in [2.05, 4.69) is 21.9 Å². The lowest BCUT2D eigenvalue weighted by Crippen LogP contribution is -2.49. The molecule has 1 fully saturated rings. The second kappa shape index (κ2) is 18.9. The van der Waals surface area contributed by atoms with Crippen molar-refractivity contribution < 1.29 is 18.3 Å². The summed E-state index contributed by atoms with van der Waals surface area (Å²) in [5.41, 5.74) is 2.66. The number of halogens is 4. The highest BCUT2D eigenvalue weighted by Gasteiger charge is 2.24. The molecule has 0 saturated carbocycles. The van der Waals surface area contributed by atoms with E-state index in [0.717, 1.165) is 61.6 Å². The lowest BCUT2D eigenvalue weighted by atomic mass is 9.87. The van der Waals surface area contributed by atoms with Gasteiger partial charge in [0.15, 0.2) is 0 Å². The molecule has 1 heterocycles. The van der Waals surface area contributed by atoms with E-state index < -0.39 is 0 Å². The van der Waals surface area contributed by atoms with Crippen LogP contribution in [0.1, 0.15) is 40.2 Å². The van der Waals surface area contributed by atoms with E-state index in [1.54, 1.807) is 23.9 Å². The van der Waals surface area contributed by atoms with Gasteiger partial charge in [-0.25, -0.2) is 13.6 Å². The minimum absolute atomic E-state index is 0. The van der Waals surface area contributed by atoms with Crippen LogP contribution in [-0.4, -0.2) is 66.9 Å². The number of carbonyl (C=O) groups is 1. The number of piperazine rings is 1. The van der Waals surface area contributed by atoms with Crippen LogP contribution in [0.15, 0.2) is 114 Å². The molecule has 1 aliphatic heterocycles. The molecule has 0 aromatic heterocycles. The maximum atomic E-state index is 13.6. The van der Waals surface area contributed by atoms with Gasteiger partial charge in [-0.05, 0) is 79.0 Å². The van der Waals surface area contributed by atoms with Crippen molar-refractivity contribution in [3.63, 3.8) is 0 Å². The third-order valence-corrected chi connectivity index (χ3v) is 9.04. The molecule has 0 radical (unpaired) electrons. The molecule has 0 bridgehead atoms. The normalized spacial score (nSPS) is 14.3. The van der Waals surface area contributed by atoms with Crippen molar-refractivity contribution in [1.82, 2.24) is 9.80 Å². The SMILES string of the molecule is Cl.Cl.O=C(OC(CSc1ccccc1)CN1CCN(CCCC(c2ccc(F)cc2)c2ccc(F)cc2)CC1)c1ccccc1. The van der Waals surface area contributed by atoms with Crippen LogP contribution in [0, 0.1) is 11.6 Å². The maximum absolute atomic E-state index is 13.6. The number of nitrogens with zero attached hydrogens (tertiary/aromatic N) is 2. The predicted molar refractivity (Wildman–Crippen MR) is 184 cm³/mol. The summed E-state index contributed by atoms with van der Waals surface area (Å²) in [7, 11) is 0. The van der Waals surface area contributed by atoms with Crippen LogP contribution in [-0.2, 0) is 4.74 Å². The van der Waals surface area contributed by atoms with E-state index in [-0.39, 0.29) is 54.4 Å². The zero-order valence-corrected chi connectivity index (χ0v) is 27.6. The Kier molecular flexibility index (Phi) is 15.3. The van der Waals surface area contributed by atoms with Crippen LogP contribution in [0.5, 0.6) is 0 Å². The number of rotatable bonds is 13. The first-order chi connectivity index (χ1) is 21.0. The Labute approximate surface area is 282 Å². The van der Waals surface area contributed by atoms with Gasteiger partial charge < -0.3 is 9.64 Å². The molecule has 0 aliphatic carbocycles. The molecule has 0 N–H and O–H groups in total. The van der Waals surface area contributed by atoms with Crippen LogP contribution in [0.25, 0.3) is 0 Å². The quantitative estimate of drug-likeness (QED) is 0.105. The van der Waals surface area contributed by atoms with Crippen molar-refractivity contribution in [1.29, 1.82) is 0 Å². The van der Waals surface area contributed by atoms with Crippen LogP contribution >= 0.6 is 36.6 Å².